The second kappa shape index (κ2) is 1.42. The van der Waals surface area contributed by atoms with E-state index in [0.29, 0.717) is 0 Å². The van der Waals surface area contributed by atoms with Gasteiger partial charge in [0, 0.05) is 0 Å². The zero-order chi connectivity index (χ0) is 6.41. The Kier molecular flexibility index (Phi) is 2.04. The molecule has 48 valence electrons. The van der Waals surface area contributed by atoms with Crippen LogP contribution in [0.25, 0.3) is 0 Å². The fraction of sp³-hybridized carbons (Fsp3) is 0. The summed E-state index contributed by atoms with van der Waals surface area (Å²) in [6.07, 6.45) is 0. The molecule has 0 heterocycles. The van der Waals surface area contributed by atoms with Crippen molar-refractivity contribution in [3.05, 3.63) is 0 Å². The molecule has 0 saturated heterocycles. The van der Waals surface area contributed by atoms with E-state index in [-0.39, 0.29) is 18.9 Å². The Morgan fingerprint density at radius 1 is 0.625 bits per heavy atom. The predicted molar refractivity (Wildman–Crippen MR) is 12.4 cm³/mol. The summed E-state index contributed by atoms with van der Waals surface area (Å²) in [6.45, 7) is 0. The van der Waals surface area contributed by atoms with Gasteiger partial charge < -0.3 is 0 Å². The van der Waals surface area contributed by atoms with Crippen molar-refractivity contribution < 1.29 is 39.7 Å². The van der Waals surface area contributed by atoms with Crippen molar-refractivity contribution >= 4 is 14.2 Å². The molecule has 0 aliphatic rings. The van der Waals surface area contributed by atoms with Gasteiger partial charge in [0.2, 0.25) is 0 Å². The molecule has 0 rings (SSSR count). The molecule has 0 aromatic heterocycles. The normalized spacial score (nSPS) is 20.2. The summed E-state index contributed by atoms with van der Waals surface area (Å²) >= 11 is -11.1. The molecule has 0 radical (unpaired) electrons. The van der Waals surface area contributed by atoms with Gasteiger partial charge in [0.05, 0.1) is 0 Å². The summed E-state index contributed by atoms with van der Waals surface area (Å²) in [5.41, 5.74) is 0. The number of hydrogen-bond acceptors (Lipinski definition) is 0. The van der Waals surface area contributed by atoms with E-state index in [2.05, 4.69) is 0 Å². The number of hydrogen-bond donors (Lipinski definition) is 0. The van der Waals surface area contributed by atoms with Crippen LogP contribution in [0.2, 0.25) is 0 Å². The Bertz CT molecular complexity index is 67.1. The van der Waals surface area contributed by atoms with Gasteiger partial charge >= 0.3 is 53.8 Å². The Hall–Kier alpha value is 0.736. The van der Waals surface area contributed by atoms with Gasteiger partial charge in [-0.2, -0.15) is 0 Å². The Morgan fingerprint density at radius 3 is 0.625 bits per heavy atom. The molecule has 0 atom stereocenters. The second-order valence-electron chi connectivity index (χ2n) is 0.958. The third-order valence-corrected chi connectivity index (χ3v) is 0. The van der Waals surface area contributed by atoms with Crippen molar-refractivity contribution in [3.8, 4) is 0 Å². The van der Waals surface area contributed by atoms with Crippen molar-refractivity contribution in [1.29, 1.82) is 0 Å². The molecular formula is AsF6Li. The van der Waals surface area contributed by atoms with Crippen LogP contribution in [0.4, 0.5) is 20.8 Å². The second-order valence-corrected chi connectivity index (χ2v) is 4.98. The van der Waals surface area contributed by atoms with Crippen molar-refractivity contribution in [2.24, 2.45) is 0 Å². The van der Waals surface area contributed by atoms with Gasteiger partial charge in [-0.05, 0) is 0 Å². The van der Waals surface area contributed by atoms with Gasteiger partial charge in [-0.3, -0.25) is 0 Å². The third kappa shape index (κ3) is 409. The topological polar surface area (TPSA) is 0 Å². The molecule has 0 spiro atoms. The SMILES string of the molecule is F[As-](F)(F)(F)(F)F.[Li+]. The molecule has 0 aromatic rings. The smallest absolute Gasteiger partial charge is 1.00 e. The molecule has 0 N–H and O–H groups in total. The first kappa shape index (κ1) is 11.5. The maximum Gasteiger partial charge on any atom is 1.00 e. The minimum atomic E-state index is -11.1. The maximum atomic E-state index is 9.91. The van der Waals surface area contributed by atoms with Crippen LogP contribution in [0.1, 0.15) is 0 Å². The molecule has 0 aliphatic heterocycles. The molecular weight excluding hydrogens is 196 g/mol. The molecule has 0 amide bonds. The summed E-state index contributed by atoms with van der Waals surface area (Å²) in [7, 11) is 0. The summed E-state index contributed by atoms with van der Waals surface area (Å²) in [5.74, 6) is 0. The van der Waals surface area contributed by atoms with Crippen molar-refractivity contribution in [2.45, 2.75) is 0 Å². The Labute approximate surface area is 54.3 Å². The Balaban J connectivity index is 0. The fourth-order valence-electron chi connectivity index (χ4n) is 0. The van der Waals surface area contributed by atoms with Gasteiger partial charge in [0.15, 0.2) is 0 Å². The molecule has 0 bridgehead atoms. The van der Waals surface area contributed by atoms with E-state index in [4.69, 9.17) is 0 Å². The molecule has 0 fully saturated rings. The van der Waals surface area contributed by atoms with E-state index in [1.165, 1.54) is 0 Å². The van der Waals surface area contributed by atoms with E-state index >= 15 is 0 Å². The minimum absolute atomic E-state index is 0. The van der Waals surface area contributed by atoms with Crippen LogP contribution >= 0.6 is 0 Å². The quantitative estimate of drug-likeness (QED) is 0.349. The van der Waals surface area contributed by atoms with Gasteiger partial charge in [0.1, 0.15) is 0 Å². The first-order valence-electron chi connectivity index (χ1n) is 1.01. The van der Waals surface area contributed by atoms with E-state index in [1.54, 1.807) is 0 Å². The van der Waals surface area contributed by atoms with Crippen LogP contribution in [0.15, 0.2) is 0 Å². The van der Waals surface area contributed by atoms with Gasteiger partial charge in [-0.15, -0.1) is 0 Å². The number of halogens is 6. The van der Waals surface area contributed by atoms with Crippen LogP contribution in [0.5, 0.6) is 0 Å². The largest absolute Gasteiger partial charge is 1.00 e. The minimum Gasteiger partial charge on any atom is 1.00 e. The molecule has 8 heavy (non-hydrogen) atoms. The van der Waals surface area contributed by atoms with E-state index in [9.17, 15) is 20.8 Å². The zero-order valence-electron chi connectivity index (χ0n) is 3.72. The standard InChI is InChI=1S/AsF6.Li/c2-1(3,4,5,6)7;/q-1;+1. The third-order valence-electron chi connectivity index (χ3n) is 0. The van der Waals surface area contributed by atoms with Crippen LogP contribution in [0, 0.1) is 0 Å². The van der Waals surface area contributed by atoms with Crippen molar-refractivity contribution in [3.63, 3.8) is 0 Å². The van der Waals surface area contributed by atoms with E-state index in [0.717, 1.165) is 0 Å². The average Bonchev–Trinajstić information content (AvgIpc) is 0.592. The van der Waals surface area contributed by atoms with Crippen LogP contribution in [-0.4, -0.2) is 14.2 Å². The summed E-state index contributed by atoms with van der Waals surface area (Å²) in [4.78, 5) is 0. The van der Waals surface area contributed by atoms with Gasteiger partial charge in [0.25, 0.3) is 0 Å². The van der Waals surface area contributed by atoms with Gasteiger partial charge in [-0.1, -0.05) is 0 Å². The van der Waals surface area contributed by atoms with Crippen LogP contribution < -0.4 is 18.9 Å². The first-order chi connectivity index (χ1) is 2.45. The monoisotopic (exact) mass is 196 g/mol. The molecule has 0 saturated carbocycles. The van der Waals surface area contributed by atoms with Crippen molar-refractivity contribution in [2.75, 3.05) is 0 Å². The fourth-order valence-corrected chi connectivity index (χ4v) is 0. The molecule has 8 heteroatoms. The van der Waals surface area contributed by atoms with Crippen molar-refractivity contribution in [1.82, 2.24) is 0 Å². The van der Waals surface area contributed by atoms with Crippen LogP contribution in [-0.2, 0) is 0 Å². The predicted octanol–water partition coefficient (Wildman–Crippen LogP) is -0.856. The van der Waals surface area contributed by atoms with E-state index in [1.807, 2.05) is 0 Å². The molecule has 0 nitrogen and oxygen atoms in total. The van der Waals surface area contributed by atoms with E-state index < -0.39 is 14.2 Å². The summed E-state index contributed by atoms with van der Waals surface area (Å²) in [5, 5.41) is 0. The first-order valence-corrected chi connectivity index (χ1v) is 5.27. The van der Waals surface area contributed by atoms with Crippen LogP contribution in [0.3, 0.4) is 0 Å². The van der Waals surface area contributed by atoms with Gasteiger partial charge in [-0.25, -0.2) is 0 Å². The number of rotatable bonds is 0. The zero-order valence-corrected chi connectivity index (χ0v) is 5.59. The molecule has 0 aliphatic carbocycles. The molecule has 0 unspecified atom stereocenters. The summed E-state index contributed by atoms with van der Waals surface area (Å²) in [6, 6.07) is 0. The maximum absolute atomic E-state index is 11.1. The molecule has 0 aromatic carbocycles. The summed E-state index contributed by atoms with van der Waals surface area (Å²) < 4.78 is 59.4. The average molecular weight is 196 g/mol. The Morgan fingerprint density at radius 2 is 0.625 bits per heavy atom.